The minimum atomic E-state index is -1.55. The molecule has 0 aromatic rings. The molecule has 0 aromatic heterocycles. The predicted octanol–water partition coefficient (Wildman–Crippen LogP) is 1.74. The third kappa shape index (κ3) is 5.00. The largest absolute Gasteiger partial charge is 0.480 e. The Morgan fingerprint density at radius 2 is 1.55 bits per heavy atom. The Labute approximate surface area is 133 Å². The number of nitrogens with one attached hydrogen (secondary N) is 1. The summed E-state index contributed by atoms with van der Waals surface area (Å²) in [5.41, 5.74) is -2.07. The van der Waals surface area contributed by atoms with Crippen molar-refractivity contribution in [3.05, 3.63) is 0 Å². The molecule has 0 unspecified atom stereocenters. The lowest BCUT2D eigenvalue weighted by molar-refractivity contribution is -0.157. The number of nitrogens with zero attached hydrogens (tertiary/aromatic N) is 1. The van der Waals surface area contributed by atoms with Crippen molar-refractivity contribution in [1.82, 2.24) is 10.2 Å². The second-order valence-corrected chi connectivity index (χ2v) is 7.74. The highest BCUT2D eigenvalue weighted by Crippen LogP contribution is 2.29. The molecule has 0 spiro atoms. The number of rotatable bonds is 6. The molecule has 0 bridgehead atoms. The molecule has 0 radical (unpaired) electrons. The van der Waals surface area contributed by atoms with E-state index in [0.717, 1.165) is 0 Å². The van der Waals surface area contributed by atoms with Crippen LogP contribution in [-0.4, -0.2) is 47.9 Å². The summed E-state index contributed by atoms with van der Waals surface area (Å²) in [5, 5.41) is 12.1. The van der Waals surface area contributed by atoms with Crippen LogP contribution in [-0.2, 0) is 14.4 Å². The van der Waals surface area contributed by atoms with Gasteiger partial charge in [-0.05, 0) is 24.7 Å². The van der Waals surface area contributed by atoms with E-state index in [0.29, 0.717) is 0 Å². The summed E-state index contributed by atoms with van der Waals surface area (Å²) < 4.78 is 0. The highest BCUT2D eigenvalue weighted by Gasteiger charge is 2.45. The van der Waals surface area contributed by atoms with Crippen molar-refractivity contribution >= 4 is 17.8 Å². The van der Waals surface area contributed by atoms with Gasteiger partial charge in [-0.15, -0.1) is 0 Å². The molecule has 2 N–H and O–H groups in total. The second-order valence-electron chi connectivity index (χ2n) is 7.74. The molecule has 128 valence electrons. The van der Waals surface area contributed by atoms with Crippen molar-refractivity contribution in [3.8, 4) is 0 Å². The molecule has 0 aromatic carbocycles. The van der Waals surface area contributed by atoms with Gasteiger partial charge in [-0.2, -0.15) is 0 Å². The van der Waals surface area contributed by atoms with Crippen molar-refractivity contribution in [2.45, 2.75) is 54.0 Å². The van der Waals surface area contributed by atoms with E-state index in [1.54, 1.807) is 14.1 Å². The fourth-order valence-electron chi connectivity index (χ4n) is 2.29. The maximum absolute atomic E-state index is 12.6. The van der Waals surface area contributed by atoms with Gasteiger partial charge in [0.2, 0.25) is 11.8 Å². The molecule has 22 heavy (non-hydrogen) atoms. The SMILES string of the molecule is CC(C)C[C@@](C)(C(=O)O)C(=O)N[C@H](C(=O)N(C)C)C(C)(C)C. The minimum Gasteiger partial charge on any atom is -0.480 e. The molecule has 0 fully saturated rings. The van der Waals surface area contributed by atoms with Gasteiger partial charge >= 0.3 is 5.97 Å². The summed E-state index contributed by atoms with van der Waals surface area (Å²) in [6, 6.07) is -0.777. The van der Waals surface area contributed by atoms with Gasteiger partial charge in [-0.3, -0.25) is 14.4 Å². The van der Waals surface area contributed by atoms with E-state index >= 15 is 0 Å². The Bertz CT molecular complexity index is 438. The van der Waals surface area contributed by atoms with Crippen molar-refractivity contribution in [2.24, 2.45) is 16.7 Å². The normalized spacial score (nSPS) is 15.9. The zero-order valence-corrected chi connectivity index (χ0v) is 15.0. The number of carbonyl (C=O) groups excluding carboxylic acids is 2. The third-order valence-electron chi connectivity index (χ3n) is 3.62. The van der Waals surface area contributed by atoms with Crippen LogP contribution in [0.25, 0.3) is 0 Å². The summed E-state index contributed by atoms with van der Waals surface area (Å²) in [5.74, 6) is -2.00. The molecule has 0 heterocycles. The molecule has 0 aliphatic carbocycles. The van der Waals surface area contributed by atoms with Gasteiger partial charge < -0.3 is 15.3 Å². The smallest absolute Gasteiger partial charge is 0.318 e. The van der Waals surface area contributed by atoms with Gasteiger partial charge in [0.05, 0.1) is 0 Å². The van der Waals surface area contributed by atoms with Gasteiger partial charge in [0.25, 0.3) is 0 Å². The summed E-state index contributed by atoms with van der Waals surface area (Å²) in [6.07, 6.45) is 0.210. The minimum absolute atomic E-state index is 0.0458. The Morgan fingerprint density at radius 1 is 1.09 bits per heavy atom. The summed E-state index contributed by atoms with van der Waals surface area (Å²) in [6.45, 7) is 10.6. The van der Waals surface area contributed by atoms with E-state index in [4.69, 9.17) is 0 Å². The quantitative estimate of drug-likeness (QED) is 0.731. The number of carboxylic acids is 1. The number of hydrogen-bond donors (Lipinski definition) is 2. The molecule has 6 heteroatoms. The maximum Gasteiger partial charge on any atom is 0.318 e. The third-order valence-corrected chi connectivity index (χ3v) is 3.62. The van der Waals surface area contributed by atoms with E-state index in [2.05, 4.69) is 5.32 Å². The van der Waals surface area contributed by atoms with Gasteiger partial charge in [-0.1, -0.05) is 34.6 Å². The van der Waals surface area contributed by atoms with Gasteiger partial charge in [-0.25, -0.2) is 0 Å². The average Bonchev–Trinajstić information content (AvgIpc) is 2.31. The van der Waals surface area contributed by atoms with Crippen LogP contribution in [0.5, 0.6) is 0 Å². The van der Waals surface area contributed by atoms with Crippen LogP contribution < -0.4 is 5.32 Å². The maximum atomic E-state index is 12.6. The van der Waals surface area contributed by atoms with E-state index in [1.807, 2.05) is 34.6 Å². The van der Waals surface area contributed by atoms with Gasteiger partial charge in [0, 0.05) is 14.1 Å². The summed E-state index contributed by atoms with van der Waals surface area (Å²) >= 11 is 0. The topological polar surface area (TPSA) is 86.7 Å². The second kappa shape index (κ2) is 7.11. The Morgan fingerprint density at radius 3 is 1.82 bits per heavy atom. The lowest BCUT2D eigenvalue weighted by Gasteiger charge is -2.35. The van der Waals surface area contributed by atoms with Gasteiger partial charge in [0.15, 0.2) is 0 Å². The van der Waals surface area contributed by atoms with Crippen LogP contribution in [0.3, 0.4) is 0 Å². The van der Waals surface area contributed by atoms with Crippen LogP contribution in [0.15, 0.2) is 0 Å². The fraction of sp³-hybridized carbons (Fsp3) is 0.812. The fourth-order valence-corrected chi connectivity index (χ4v) is 2.29. The van der Waals surface area contributed by atoms with Crippen LogP contribution >= 0.6 is 0 Å². The van der Waals surface area contributed by atoms with Crippen LogP contribution in [0.2, 0.25) is 0 Å². The van der Waals surface area contributed by atoms with E-state index in [1.165, 1.54) is 11.8 Å². The first kappa shape index (κ1) is 20.4. The van der Waals surface area contributed by atoms with Gasteiger partial charge in [0.1, 0.15) is 11.5 Å². The lowest BCUT2D eigenvalue weighted by Crippen LogP contribution is -2.57. The Hall–Kier alpha value is -1.59. The molecule has 0 aliphatic heterocycles. The predicted molar refractivity (Wildman–Crippen MR) is 85.3 cm³/mol. The number of carbonyl (C=O) groups is 3. The Kier molecular flexibility index (Phi) is 6.60. The standard InChI is InChI=1S/C16H30N2O4/c1-10(2)9-16(6,14(21)22)13(20)17-11(15(3,4)5)12(19)18(7)8/h10-11H,9H2,1-8H3,(H,17,20)(H,21,22)/t11-,16-/m1/s1. The summed E-state index contributed by atoms with van der Waals surface area (Å²) in [7, 11) is 3.22. The molecule has 2 amide bonds. The number of carboxylic acid groups (broad SMARTS) is 1. The zero-order valence-electron chi connectivity index (χ0n) is 15.0. The highest BCUT2D eigenvalue weighted by atomic mass is 16.4. The first-order valence-electron chi connectivity index (χ1n) is 7.49. The number of amides is 2. The lowest BCUT2D eigenvalue weighted by atomic mass is 9.79. The molecule has 6 nitrogen and oxygen atoms in total. The molecule has 0 saturated heterocycles. The van der Waals surface area contributed by atoms with Crippen molar-refractivity contribution in [2.75, 3.05) is 14.1 Å². The van der Waals surface area contributed by atoms with Crippen LogP contribution in [0, 0.1) is 16.7 Å². The first-order chi connectivity index (χ1) is 9.73. The molecule has 0 aliphatic rings. The zero-order chi connectivity index (χ0) is 17.9. The summed E-state index contributed by atoms with van der Waals surface area (Å²) in [4.78, 5) is 37.8. The van der Waals surface area contributed by atoms with E-state index in [9.17, 15) is 19.5 Å². The van der Waals surface area contributed by atoms with Crippen molar-refractivity contribution in [1.29, 1.82) is 0 Å². The van der Waals surface area contributed by atoms with Crippen LogP contribution in [0.1, 0.15) is 48.0 Å². The number of aliphatic carboxylic acids is 1. The van der Waals surface area contributed by atoms with Crippen molar-refractivity contribution in [3.63, 3.8) is 0 Å². The highest BCUT2D eigenvalue weighted by molar-refractivity contribution is 6.03. The molecular formula is C16H30N2O4. The Balaban J connectivity index is 5.49. The molecule has 0 rings (SSSR count). The van der Waals surface area contributed by atoms with Crippen molar-refractivity contribution < 1.29 is 19.5 Å². The monoisotopic (exact) mass is 314 g/mol. The molecular weight excluding hydrogens is 284 g/mol. The van der Waals surface area contributed by atoms with Crippen LogP contribution in [0.4, 0.5) is 0 Å². The first-order valence-corrected chi connectivity index (χ1v) is 7.49. The molecule has 2 atom stereocenters. The molecule has 0 saturated carbocycles. The van der Waals surface area contributed by atoms with E-state index in [-0.39, 0.29) is 18.2 Å². The van der Waals surface area contributed by atoms with E-state index < -0.39 is 28.7 Å². The average molecular weight is 314 g/mol. The number of likely N-dealkylation sites (N-methyl/N-ethyl adjacent to an activating group) is 1. The number of hydrogen-bond acceptors (Lipinski definition) is 3.